The molecule has 0 amide bonds. The summed E-state index contributed by atoms with van der Waals surface area (Å²) >= 11 is 0. The predicted molar refractivity (Wildman–Crippen MR) is 56.4 cm³/mol. The minimum Gasteiger partial charge on any atom is -0.450 e. The second kappa shape index (κ2) is 5.71. The van der Waals surface area contributed by atoms with Crippen LogP contribution in [0, 0.1) is 18.3 Å². The van der Waals surface area contributed by atoms with Crippen LogP contribution in [0.25, 0.3) is 0 Å². The lowest BCUT2D eigenvalue weighted by atomic mass is 10.0. The average Bonchev–Trinajstić information content (AvgIpc) is 2.25. The first kappa shape index (κ1) is 11.1. The Morgan fingerprint density at radius 3 is 2.67 bits per heavy atom. The van der Waals surface area contributed by atoms with E-state index >= 15 is 0 Å². The Morgan fingerprint density at radius 2 is 2.13 bits per heavy atom. The van der Waals surface area contributed by atoms with Crippen molar-refractivity contribution in [3.63, 3.8) is 0 Å². The number of carbonyl (C=O) groups is 1. The van der Waals surface area contributed by atoms with E-state index < -0.39 is 6.16 Å². The summed E-state index contributed by atoms with van der Waals surface area (Å²) in [6, 6.07) is 9.65. The molecule has 3 heteroatoms. The van der Waals surface area contributed by atoms with Gasteiger partial charge in [0.25, 0.3) is 0 Å². The standard InChI is InChI=1S/C12H12O3/c1-2-10(9-15-12(13)14)8-11-6-4-3-5-7-11/h1,3-7,10H,8-9H2,(H,13,14). The van der Waals surface area contributed by atoms with Crippen LogP contribution in [-0.4, -0.2) is 17.9 Å². The van der Waals surface area contributed by atoms with Crippen LogP contribution in [0.3, 0.4) is 0 Å². The lowest BCUT2D eigenvalue weighted by Crippen LogP contribution is -2.13. The molecule has 1 unspecified atom stereocenters. The first-order chi connectivity index (χ1) is 7.22. The second-order valence-electron chi connectivity index (χ2n) is 3.13. The summed E-state index contributed by atoms with van der Waals surface area (Å²) in [5.74, 6) is 2.31. The maximum atomic E-state index is 10.2. The van der Waals surface area contributed by atoms with E-state index in [4.69, 9.17) is 11.5 Å². The molecule has 0 aliphatic heterocycles. The van der Waals surface area contributed by atoms with Gasteiger partial charge in [0.1, 0.15) is 6.61 Å². The molecule has 1 aromatic carbocycles. The molecule has 0 saturated carbocycles. The van der Waals surface area contributed by atoms with Crippen LogP contribution in [0.4, 0.5) is 4.79 Å². The van der Waals surface area contributed by atoms with Crippen LogP contribution < -0.4 is 0 Å². The van der Waals surface area contributed by atoms with Crippen LogP contribution >= 0.6 is 0 Å². The van der Waals surface area contributed by atoms with Gasteiger partial charge in [-0.15, -0.1) is 6.42 Å². The normalized spacial score (nSPS) is 11.4. The van der Waals surface area contributed by atoms with E-state index in [1.54, 1.807) is 0 Å². The number of carboxylic acid groups (broad SMARTS) is 1. The second-order valence-corrected chi connectivity index (χ2v) is 3.13. The lowest BCUT2D eigenvalue weighted by Gasteiger charge is -2.09. The van der Waals surface area contributed by atoms with Crippen LogP contribution in [0.5, 0.6) is 0 Å². The Bertz CT molecular complexity index is 351. The molecule has 0 aromatic heterocycles. The Balaban J connectivity index is 2.48. The highest BCUT2D eigenvalue weighted by atomic mass is 16.7. The molecule has 0 radical (unpaired) electrons. The van der Waals surface area contributed by atoms with Crippen molar-refractivity contribution in [2.24, 2.45) is 5.92 Å². The maximum Gasteiger partial charge on any atom is 0.505 e. The number of hydrogen-bond donors (Lipinski definition) is 1. The largest absolute Gasteiger partial charge is 0.505 e. The van der Waals surface area contributed by atoms with Gasteiger partial charge in [0.2, 0.25) is 0 Å². The first-order valence-corrected chi connectivity index (χ1v) is 4.58. The molecular formula is C12H12O3. The van der Waals surface area contributed by atoms with Crippen molar-refractivity contribution < 1.29 is 14.6 Å². The van der Waals surface area contributed by atoms with Crippen LogP contribution in [-0.2, 0) is 11.2 Å². The van der Waals surface area contributed by atoms with Gasteiger partial charge < -0.3 is 9.84 Å². The van der Waals surface area contributed by atoms with E-state index in [9.17, 15) is 4.79 Å². The minimum atomic E-state index is -1.29. The third-order valence-electron chi connectivity index (χ3n) is 1.97. The molecule has 1 aromatic rings. The molecule has 0 aliphatic carbocycles. The van der Waals surface area contributed by atoms with Gasteiger partial charge >= 0.3 is 6.16 Å². The molecule has 78 valence electrons. The van der Waals surface area contributed by atoms with Gasteiger partial charge in [0.15, 0.2) is 0 Å². The van der Waals surface area contributed by atoms with Crippen LogP contribution in [0.2, 0.25) is 0 Å². The summed E-state index contributed by atoms with van der Waals surface area (Å²) in [5.41, 5.74) is 1.08. The summed E-state index contributed by atoms with van der Waals surface area (Å²) in [7, 11) is 0. The van der Waals surface area contributed by atoms with E-state index in [0.29, 0.717) is 6.42 Å². The average molecular weight is 204 g/mol. The zero-order valence-corrected chi connectivity index (χ0v) is 8.22. The number of terminal acetylenes is 1. The number of hydrogen-bond acceptors (Lipinski definition) is 2. The number of benzene rings is 1. The Morgan fingerprint density at radius 1 is 1.47 bits per heavy atom. The zero-order valence-electron chi connectivity index (χ0n) is 8.22. The van der Waals surface area contributed by atoms with E-state index in [1.807, 2.05) is 30.3 Å². The molecule has 0 heterocycles. The fraction of sp³-hybridized carbons (Fsp3) is 0.250. The predicted octanol–water partition coefficient (Wildman–Crippen LogP) is 2.17. The van der Waals surface area contributed by atoms with Crippen molar-refractivity contribution in [1.29, 1.82) is 0 Å². The van der Waals surface area contributed by atoms with Crippen molar-refractivity contribution in [1.82, 2.24) is 0 Å². The molecule has 0 fully saturated rings. The molecule has 1 atom stereocenters. The third-order valence-corrected chi connectivity index (χ3v) is 1.97. The summed E-state index contributed by atoms with van der Waals surface area (Å²) < 4.78 is 4.44. The van der Waals surface area contributed by atoms with Crippen LogP contribution in [0.15, 0.2) is 30.3 Å². The molecule has 0 bridgehead atoms. The quantitative estimate of drug-likeness (QED) is 0.604. The van der Waals surface area contributed by atoms with Gasteiger partial charge in [0, 0.05) is 0 Å². The number of rotatable bonds is 4. The van der Waals surface area contributed by atoms with Crippen molar-refractivity contribution in [3.05, 3.63) is 35.9 Å². The van der Waals surface area contributed by atoms with Crippen molar-refractivity contribution in [2.75, 3.05) is 6.61 Å². The highest BCUT2D eigenvalue weighted by Crippen LogP contribution is 2.08. The summed E-state index contributed by atoms with van der Waals surface area (Å²) in [6.45, 7) is 0.0424. The van der Waals surface area contributed by atoms with Gasteiger partial charge in [-0.3, -0.25) is 0 Å². The summed E-state index contributed by atoms with van der Waals surface area (Å²) in [6.07, 6.45) is 4.62. The molecule has 3 nitrogen and oxygen atoms in total. The molecule has 0 aliphatic rings. The monoisotopic (exact) mass is 204 g/mol. The SMILES string of the molecule is C#CC(COC(=O)O)Cc1ccccc1. The highest BCUT2D eigenvalue weighted by Gasteiger charge is 2.08. The van der Waals surface area contributed by atoms with Gasteiger partial charge in [-0.1, -0.05) is 36.3 Å². The van der Waals surface area contributed by atoms with Crippen molar-refractivity contribution in [2.45, 2.75) is 6.42 Å². The Hall–Kier alpha value is -1.95. The first-order valence-electron chi connectivity index (χ1n) is 4.58. The number of ether oxygens (including phenoxy) is 1. The fourth-order valence-electron chi connectivity index (χ4n) is 1.24. The van der Waals surface area contributed by atoms with Gasteiger partial charge in [-0.2, -0.15) is 0 Å². The molecular weight excluding hydrogens is 192 g/mol. The molecule has 1 N–H and O–H groups in total. The van der Waals surface area contributed by atoms with Crippen molar-refractivity contribution >= 4 is 6.16 Å². The minimum absolute atomic E-state index is 0.0424. The van der Waals surface area contributed by atoms with E-state index in [0.717, 1.165) is 5.56 Å². The highest BCUT2D eigenvalue weighted by molar-refractivity contribution is 5.56. The molecule has 0 saturated heterocycles. The van der Waals surface area contributed by atoms with E-state index in [1.165, 1.54) is 0 Å². The van der Waals surface area contributed by atoms with Gasteiger partial charge in [-0.05, 0) is 12.0 Å². The Labute approximate surface area is 88.7 Å². The van der Waals surface area contributed by atoms with E-state index in [-0.39, 0.29) is 12.5 Å². The smallest absolute Gasteiger partial charge is 0.450 e. The van der Waals surface area contributed by atoms with Crippen molar-refractivity contribution in [3.8, 4) is 12.3 Å². The van der Waals surface area contributed by atoms with Gasteiger partial charge in [0.05, 0.1) is 5.92 Å². The summed E-state index contributed by atoms with van der Waals surface area (Å²) in [5, 5.41) is 8.33. The molecule has 0 spiro atoms. The molecule has 1 rings (SSSR count). The molecule has 15 heavy (non-hydrogen) atoms. The maximum absolute atomic E-state index is 10.2. The Kier molecular flexibility index (Phi) is 4.24. The fourth-order valence-corrected chi connectivity index (χ4v) is 1.24. The lowest BCUT2D eigenvalue weighted by molar-refractivity contribution is 0.0836. The van der Waals surface area contributed by atoms with E-state index in [2.05, 4.69) is 10.7 Å². The van der Waals surface area contributed by atoms with Gasteiger partial charge in [-0.25, -0.2) is 4.79 Å². The zero-order chi connectivity index (χ0) is 11.1. The summed E-state index contributed by atoms with van der Waals surface area (Å²) in [4.78, 5) is 10.2. The topological polar surface area (TPSA) is 46.5 Å². The third kappa shape index (κ3) is 4.19. The van der Waals surface area contributed by atoms with Crippen LogP contribution in [0.1, 0.15) is 5.56 Å².